The summed E-state index contributed by atoms with van der Waals surface area (Å²) in [5.41, 5.74) is 1.47. The van der Waals surface area contributed by atoms with Crippen LogP contribution in [0.4, 0.5) is 0 Å². The molecule has 0 aliphatic carbocycles. The average molecular weight is 311 g/mol. The number of carbonyl (C=O) groups is 1. The maximum Gasteiger partial charge on any atom is 0.356 e. The Morgan fingerprint density at radius 2 is 1.61 bits per heavy atom. The Morgan fingerprint density at radius 1 is 1.09 bits per heavy atom. The highest BCUT2D eigenvalue weighted by atomic mass is 16.7. The molecule has 0 unspecified atom stereocenters. The van der Waals surface area contributed by atoms with Crippen molar-refractivity contribution in [2.24, 2.45) is 5.16 Å². The van der Waals surface area contributed by atoms with Gasteiger partial charge in [0.15, 0.2) is 11.3 Å². The van der Waals surface area contributed by atoms with Gasteiger partial charge < -0.3 is 9.57 Å². The predicted octanol–water partition coefficient (Wildman–Crippen LogP) is 3.91. The second-order valence-electron chi connectivity index (χ2n) is 5.09. The van der Waals surface area contributed by atoms with E-state index in [1.807, 2.05) is 60.7 Å². The van der Waals surface area contributed by atoms with Gasteiger partial charge in [0.2, 0.25) is 0 Å². The lowest BCUT2D eigenvalue weighted by Crippen LogP contribution is -2.29. The number of hydrogen-bond acceptors (Lipinski definition) is 4. The molecule has 2 aromatic carbocycles. The Kier molecular flexibility index (Phi) is 5.16. The molecule has 0 atom stereocenters. The van der Waals surface area contributed by atoms with Crippen LogP contribution in [0.15, 0.2) is 65.8 Å². The van der Waals surface area contributed by atoms with E-state index in [4.69, 9.17) is 9.57 Å². The molecule has 2 aromatic rings. The number of oxime groups is 1. The van der Waals surface area contributed by atoms with Crippen LogP contribution in [0, 0.1) is 0 Å². The van der Waals surface area contributed by atoms with Gasteiger partial charge in [-0.25, -0.2) is 4.79 Å². The fraction of sp³-hybridized carbons (Fsp3) is 0.263. The molecule has 4 nitrogen and oxygen atoms in total. The Labute approximate surface area is 136 Å². The maximum atomic E-state index is 12.0. The normalized spacial score (nSPS) is 15.1. The van der Waals surface area contributed by atoms with E-state index < -0.39 is 11.6 Å². The second-order valence-corrected chi connectivity index (χ2v) is 5.09. The van der Waals surface area contributed by atoms with Crippen LogP contribution in [0.3, 0.4) is 0 Å². The van der Waals surface area contributed by atoms with Crippen LogP contribution < -0.4 is 0 Å². The van der Waals surface area contributed by atoms with Crippen LogP contribution in [0.2, 0.25) is 0 Å². The number of hydrogen-bond donors (Lipinski definition) is 0. The number of rotatable bonds is 4. The third-order valence-electron chi connectivity index (χ3n) is 3.72. The highest BCUT2D eigenvalue weighted by Crippen LogP contribution is 2.41. The molecule has 4 heteroatoms. The van der Waals surface area contributed by atoms with Crippen LogP contribution in [0.1, 0.15) is 31.9 Å². The largest absolute Gasteiger partial charge is 0.461 e. The second kappa shape index (κ2) is 7.09. The zero-order valence-electron chi connectivity index (χ0n) is 12.4. The van der Waals surface area contributed by atoms with Crippen LogP contribution >= 0.6 is 0 Å². The number of ether oxygens (including phenoxy) is 1. The smallest absolute Gasteiger partial charge is 0.356 e. The van der Waals surface area contributed by atoms with Gasteiger partial charge in [0.25, 0.3) is 0 Å². The highest BCUT2D eigenvalue weighted by molar-refractivity contribution is 6.37. The zero-order valence-corrected chi connectivity index (χ0v) is 12.4. The molecule has 0 fully saturated rings. The van der Waals surface area contributed by atoms with Crippen molar-refractivity contribution in [2.45, 2.75) is 26.4 Å². The number of benzene rings is 2. The number of carbonyl (C=O) groups excluding carboxylic acids is 1. The van der Waals surface area contributed by atoms with Gasteiger partial charge in [-0.3, -0.25) is 0 Å². The van der Waals surface area contributed by atoms with E-state index in [9.17, 15) is 4.79 Å². The maximum absolute atomic E-state index is 12.0. The van der Waals surface area contributed by atoms with Crippen molar-refractivity contribution in [3.05, 3.63) is 71.8 Å². The van der Waals surface area contributed by atoms with E-state index in [1.54, 1.807) is 6.92 Å². The van der Waals surface area contributed by atoms with E-state index in [0.29, 0.717) is 18.7 Å². The van der Waals surface area contributed by atoms with Gasteiger partial charge in [-0.2, -0.15) is 0 Å². The molecule has 120 valence electrons. The van der Waals surface area contributed by atoms with Gasteiger partial charge in [-0.05, 0) is 6.92 Å². The SMILES string of the molecule is C.CCOC(=O)C1=NOC(c2ccccc2)(c2ccccc2)C1. The lowest BCUT2D eigenvalue weighted by molar-refractivity contribution is -0.135. The molecule has 0 aromatic heterocycles. The fourth-order valence-corrected chi connectivity index (χ4v) is 2.65. The van der Waals surface area contributed by atoms with Crippen molar-refractivity contribution in [2.75, 3.05) is 6.61 Å². The van der Waals surface area contributed by atoms with E-state index in [1.165, 1.54) is 0 Å². The van der Waals surface area contributed by atoms with Crippen LogP contribution in [-0.4, -0.2) is 18.3 Å². The van der Waals surface area contributed by atoms with Gasteiger partial charge in [0.1, 0.15) is 0 Å². The van der Waals surface area contributed by atoms with E-state index in [2.05, 4.69) is 5.16 Å². The first-order valence-electron chi connectivity index (χ1n) is 7.29. The predicted molar refractivity (Wildman–Crippen MR) is 90.2 cm³/mol. The van der Waals surface area contributed by atoms with E-state index in [-0.39, 0.29) is 7.43 Å². The molecule has 23 heavy (non-hydrogen) atoms. The van der Waals surface area contributed by atoms with Crippen LogP contribution in [0.5, 0.6) is 0 Å². The standard InChI is InChI=1S/C18H17NO3.CH4/c1-2-21-17(20)16-13-18(22-19-16,14-9-5-3-6-10-14)15-11-7-4-8-12-15;/h3-12H,2,13H2,1H3;1H4. The summed E-state index contributed by atoms with van der Waals surface area (Å²) in [7, 11) is 0. The lowest BCUT2D eigenvalue weighted by Gasteiger charge is -2.27. The molecule has 0 spiro atoms. The molecule has 1 aliphatic heterocycles. The summed E-state index contributed by atoms with van der Waals surface area (Å²) in [6.45, 7) is 2.09. The minimum absolute atomic E-state index is 0. The quantitative estimate of drug-likeness (QED) is 0.804. The molecule has 1 aliphatic rings. The molecule has 1 heterocycles. The summed E-state index contributed by atoms with van der Waals surface area (Å²) in [4.78, 5) is 17.7. The van der Waals surface area contributed by atoms with Gasteiger partial charge in [-0.15, -0.1) is 0 Å². The topological polar surface area (TPSA) is 47.9 Å². The zero-order chi connectivity index (χ0) is 15.4. The summed E-state index contributed by atoms with van der Waals surface area (Å²) in [6.07, 6.45) is 0.361. The summed E-state index contributed by atoms with van der Waals surface area (Å²) in [6, 6.07) is 19.6. The molecule has 0 saturated heterocycles. The Balaban J connectivity index is 0.00000192. The molecular weight excluding hydrogens is 290 g/mol. The minimum Gasteiger partial charge on any atom is -0.461 e. The lowest BCUT2D eigenvalue weighted by atomic mass is 9.82. The summed E-state index contributed by atoms with van der Waals surface area (Å²) >= 11 is 0. The Bertz CT molecular complexity index is 641. The molecular formula is C19H21NO3. The van der Waals surface area contributed by atoms with Crippen molar-refractivity contribution in [1.29, 1.82) is 0 Å². The molecule has 0 saturated carbocycles. The van der Waals surface area contributed by atoms with E-state index in [0.717, 1.165) is 11.1 Å². The number of esters is 1. The van der Waals surface area contributed by atoms with Crippen molar-refractivity contribution >= 4 is 11.7 Å². The highest BCUT2D eigenvalue weighted by Gasteiger charge is 2.44. The Hall–Kier alpha value is -2.62. The molecule has 0 N–H and O–H groups in total. The third-order valence-corrected chi connectivity index (χ3v) is 3.72. The molecule has 0 radical (unpaired) electrons. The van der Waals surface area contributed by atoms with Crippen LogP contribution in [0.25, 0.3) is 0 Å². The molecule has 0 amide bonds. The van der Waals surface area contributed by atoms with Crippen molar-refractivity contribution < 1.29 is 14.4 Å². The first kappa shape index (κ1) is 16.7. The summed E-state index contributed by atoms with van der Waals surface area (Å²) < 4.78 is 5.04. The summed E-state index contributed by atoms with van der Waals surface area (Å²) in [5, 5.41) is 4.00. The average Bonchev–Trinajstić information content (AvgIpc) is 3.03. The molecule has 3 rings (SSSR count). The Morgan fingerprint density at radius 3 is 2.09 bits per heavy atom. The van der Waals surface area contributed by atoms with Crippen molar-refractivity contribution in [3.63, 3.8) is 0 Å². The minimum atomic E-state index is -0.773. The van der Waals surface area contributed by atoms with E-state index >= 15 is 0 Å². The molecule has 0 bridgehead atoms. The van der Waals surface area contributed by atoms with Gasteiger partial charge in [0, 0.05) is 11.1 Å². The van der Waals surface area contributed by atoms with Crippen molar-refractivity contribution in [1.82, 2.24) is 0 Å². The van der Waals surface area contributed by atoms with Gasteiger partial charge in [-0.1, -0.05) is 73.2 Å². The first-order chi connectivity index (χ1) is 10.8. The monoisotopic (exact) mass is 311 g/mol. The first-order valence-corrected chi connectivity index (χ1v) is 7.29. The summed E-state index contributed by atoms with van der Waals surface area (Å²) in [5.74, 6) is -0.420. The number of nitrogens with zero attached hydrogens (tertiary/aromatic N) is 1. The fourth-order valence-electron chi connectivity index (χ4n) is 2.65. The van der Waals surface area contributed by atoms with Gasteiger partial charge >= 0.3 is 5.97 Å². The van der Waals surface area contributed by atoms with Crippen LogP contribution in [-0.2, 0) is 20.0 Å². The van der Waals surface area contributed by atoms with Gasteiger partial charge in [0.05, 0.1) is 13.0 Å². The van der Waals surface area contributed by atoms with Crippen molar-refractivity contribution in [3.8, 4) is 0 Å². The third kappa shape index (κ3) is 3.11.